The van der Waals surface area contributed by atoms with E-state index >= 15 is 0 Å². The number of nitrogens with zero attached hydrogens (tertiary/aromatic N) is 2. The second kappa shape index (κ2) is 6.69. The van der Waals surface area contributed by atoms with Crippen molar-refractivity contribution in [3.63, 3.8) is 0 Å². The third kappa shape index (κ3) is 3.80. The Kier molecular flexibility index (Phi) is 4.93. The van der Waals surface area contributed by atoms with Crippen LogP contribution in [0.1, 0.15) is 5.69 Å². The van der Waals surface area contributed by atoms with Crippen LogP contribution in [0, 0.1) is 0 Å². The number of pyridine rings is 1. The summed E-state index contributed by atoms with van der Waals surface area (Å²) in [6.07, 6.45) is 2.48. The summed E-state index contributed by atoms with van der Waals surface area (Å²) < 4.78 is 25.7. The Morgan fingerprint density at radius 1 is 1.10 bits per heavy atom. The van der Waals surface area contributed by atoms with Crippen molar-refractivity contribution in [2.75, 3.05) is 26.0 Å². The molecule has 1 aromatic heterocycles. The van der Waals surface area contributed by atoms with Gasteiger partial charge in [-0.2, -0.15) is 0 Å². The highest BCUT2D eigenvalue weighted by Crippen LogP contribution is 2.22. The fourth-order valence-electron chi connectivity index (χ4n) is 1.91. The van der Waals surface area contributed by atoms with Gasteiger partial charge in [-0.3, -0.25) is 4.98 Å². The summed E-state index contributed by atoms with van der Waals surface area (Å²) in [6, 6.07) is 12.7. The number of anilines is 1. The maximum atomic E-state index is 12.3. The fraction of sp³-hybridized carbons (Fsp3) is 0.267. The largest absolute Gasteiger partial charge is 0.384 e. The second-order valence-corrected chi connectivity index (χ2v) is 6.90. The lowest BCUT2D eigenvalue weighted by atomic mass is 10.2. The van der Waals surface area contributed by atoms with Gasteiger partial charge < -0.3 is 5.32 Å². The minimum Gasteiger partial charge on any atom is -0.384 e. The molecule has 1 N–H and O–H groups in total. The van der Waals surface area contributed by atoms with Crippen LogP contribution in [0.4, 0.5) is 5.69 Å². The van der Waals surface area contributed by atoms with Gasteiger partial charge in [0.05, 0.1) is 5.69 Å². The topological polar surface area (TPSA) is 62.3 Å². The monoisotopic (exact) mass is 305 g/mol. The van der Waals surface area contributed by atoms with Crippen LogP contribution < -0.4 is 5.32 Å². The molecule has 112 valence electrons. The number of benzene rings is 1. The smallest absolute Gasteiger partial charge is 0.244 e. The summed E-state index contributed by atoms with van der Waals surface area (Å²) >= 11 is 0. The summed E-state index contributed by atoms with van der Waals surface area (Å²) in [4.78, 5) is 4.53. The maximum absolute atomic E-state index is 12.3. The first-order valence-corrected chi connectivity index (χ1v) is 8.11. The van der Waals surface area contributed by atoms with Gasteiger partial charge in [0, 0.05) is 39.0 Å². The summed E-state index contributed by atoms with van der Waals surface area (Å²) in [5, 5.41) is 3.18. The van der Waals surface area contributed by atoms with Crippen molar-refractivity contribution in [1.82, 2.24) is 9.29 Å². The van der Waals surface area contributed by atoms with E-state index in [1.54, 1.807) is 24.4 Å². The summed E-state index contributed by atoms with van der Waals surface area (Å²) in [7, 11) is -0.392. The molecule has 2 aromatic rings. The van der Waals surface area contributed by atoms with Gasteiger partial charge in [0.2, 0.25) is 10.0 Å². The molecule has 5 nitrogen and oxygen atoms in total. The van der Waals surface area contributed by atoms with E-state index in [0.29, 0.717) is 12.2 Å². The average Bonchev–Trinajstić information content (AvgIpc) is 2.48. The molecule has 0 fully saturated rings. The van der Waals surface area contributed by atoms with Gasteiger partial charge in [-0.15, -0.1) is 0 Å². The standard InChI is InChI=1S/C15H19N3O2S/c1-18(2)21(19,20)15-9-4-3-8-14(15)17-12-10-13-7-5-6-11-16-13/h3-9,11,17H,10,12H2,1-2H3. The van der Waals surface area contributed by atoms with E-state index in [4.69, 9.17) is 0 Å². The molecule has 0 aliphatic heterocycles. The van der Waals surface area contributed by atoms with Gasteiger partial charge in [0.15, 0.2) is 0 Å². The zero-order valence-electron chi connectivity index (χ0n) is 12.2. The molecule has 0 aliphatic carbocycles. The second-order valence-electron chi connectivity index (χ2n) is 4.78. The molecular formula is C15H19N3O2S. The Bertz CT molecular complexity index is 685. The van der Waals surface area contributed by atoms with Crippen LogP contribution in [-0.4, -0.2) is 38.3 Å². The van der Waals surface area contributed by atoms with Crippen molar-refractivity contribution in [3.8, 4) is 0 Å². The Balaban J connectivity index is 2.11. The zero-order chi connectivity index (χ0) is 15.3. The number of sulfonamides is 1. The number of para-hydroxylation sites is 1. The normalized spacial score (nSPS) is 11.6. The molecule has 0 radical (unpaired) electrons. The molecule has 0 spiro atoms. The van der Waals surface area contributed by atoms with Crippen LogP contribution in [0.3, 0.4) is 0 Å². The van der Waals surface area contributed by atoms with Crippen molar-refractivity contribution in [2.24, 2.45) is 0 Å². The maximum Gasteiger partial charge on any atom is 0.244 e. The van der Waals surface area contributed by atoms with E-state index < -0.39 is 10.0 Å². The van der Waals surface area contributed by atoms with Crippen molar-refractivity contribution in [3.05, 3.63) is 54.4 Å². The Hall–Kier alpha value is -1.92. The fourth-order valence-corrected chi connectivity index (χ4v) is 2.97. The molecule has 0 amide bonds. The predicted molar refractivity (Wildman–Crippen MR) is 83.7 cm³/mol. The van der Waals surface area contributed by atoms with E-state index in [0.717, 1.165) is 12.1 Å². The van der Waals surface area contributed by atoms with Crippen LogP contribution in [0.2, 0.25) is 0 Å². The first-order valence-electron chi connectivity index (χ1n) is 6.67. The molecule has 2 rings (SSSR count). The van der Waals surface area contributed by atoms with E-state index in [-0.39, 0.29) is 4.90 Å². The number of nitrogens with one attached hydrogen (secondary N) is 1. The van der Waals surface area contributed by atoms with E-state index in [9.17, 15) is 8.42 Å². The van der Waals surface area contributed by atoms with E-state index in [2.05, 4.69) is 10.3 Å². The van der Waals surface area contributed by atoms with Crippen molar-refractivity contribution < 1.29 is 8.42 Å². The van der Waals surface area contributed by atoms with Crippen LogP contribution in [-0.2, 0) is 16.4 Å². The van der Waals surface area contributed by atoms with Crippen molar-refractivity contribution in [1.29, 1.82) is 0 Å². The quantitative estimate of drug-likeness (QED) is 0.886. The lowest BCUT2D eigenvalue weighted by Crippen LogP contribution is -2.23. The highest BCUT2D eigenvalue weighted by Gasteiger charge is 2.20. The van der Waals surface area contributed by atoms with Crippen LogP contribution >= 0.6 is 0 Å². The molecule has 0 saturated carbocycles. The highest BCUT2D eigenvalue weighted by atomic mass is 32.2. The van der Waals surface area contributed by atoms with Gasteiger partial charge in [-0.05, 0) is 24.3 Å². The minimum absolute atomic E-state index is 0.288. The number of aromatic nitrogens is 1. The predicted octanol–water partition coefficient (Wildman–Crippen LogP) is 1.99. The molecule has 0 bridgehead atoms. The number of rotatable bonds is 6. The summed E-state index contributed by atoms with van der Waals surface area (Å²) in [5.74, 6) is 0. The Morgan fingerprint density at radius 3 is 2.48 bits per heavy atom. The lowest BCUT2D eigenvalue weighted by Gasteiger charge is -2.16. The van der Waals surface area contributed by atoms with E-state index in [1.165, 1.54) is 18.4 Å². The lowest BCUT2D eigenvalue weighted by molar-refractivity contribution is 0.521. The summed E-state index contributed by atoms with van der Waals surface area (Å²) in [6.45, 7) is 0.622. The Labute approximate surface area is 125 Å². The highest BCUT2D eigenvalue weighted by molar-refractivity contribution is 7.89. The first kappa shape index (κ1) is 15.5. The molecule has 0 atom stereocenters. The minimum atomic E-state index is -3.45. The third-order valence-corrected chi connectivity index (χ3v) is 4.94. The van der Waals surface area contributed by atoms with Crippen LogP contribution in [0.5, 0.6) is 0 Å². The molecule has 1 aromatic carbocycles. The van der Waals surface area contributed by atoms with Crippen molar-refractivity contribution >= 4 is 15.7 Å². The SMILES string of the molecule is CN(C)S(=O)(=O)c1ccccc1NCCc1ccccn1. The van der Waals surface area contributed by atoms with Gasteiger partial charge in [-0.1, -0.05) is 18.2 Å². The first-order chi connectivity index (χ1) is 10.0. The zero-order valence-corrected chi connectivity index (χ0v) is 13.0. The molecule has 0 saturated heterocycles. The number of hydrogen-bond donors (Lipinski definition) is 1. The molecular weight excluding hydrogens is 286 g/mol. The van der Waals surface area contributed by atoms with E-state index in [1.807, 2.05) is 24.3 Å². The molecule has 0 aliphatic rings. The molecule has 1 heterocycles. The average molecular weight is 305 g/mol. The summed E-state index contributed by atoms with van der Waals surface area (Å²) in [5.41, 5.74) is 1.58. The van der Waals surface area contributed by atoms with Crippen LogP contribution in [0.25, 0.3) is 0 Å². The van der Waals surface area contributed by atoms with Gasteiger partial charge >= 0.3 is 0 Å². The van der Waals surface area contributed by atoms with Gasteiger partial charge in [0.1, 0.15) is 4.90 Å². The van der Waals surface area contributed by atoms with Crippen LogP contribution in [0.15, 0.2) is 53.6 Å². The third-order valence-electron chi connectivity index (χ3n) is 3.07. The molecule has 21 heavy (non-hydrogen) atoms. The molecule has 0 unspecified atom stereocenters. The van der Waals surface area contributed by atoms with Gasteiger partial charge in [-0.25, -0.2) is 12.7 Å². The number of hydrogen-bond acceptors (Lipinski definition) is 4. The molecule has 6 heteroatoms. The van der Waals surface area contributed by atoms with Crippen molar-refractivity contribution in [2.45, 2.75) is 11.3 Å². The Morgan fingerprint density at radius 2 is 1.81 bits per heavy atom. The van der Waals surface area contributed by atoms with Gasteiger partial charge in [0.25, 0.3) is 0 Å².